The van der Waals surface area contributed by atoms with Crippen molar-refractivity contribution in [1.82, 2.24) is 4.57 Å². The number of aromatic nitrogens is 1. The van der Waals surface area contributed by atoms with Crippen LogP contribution in [0.2, 0.25) is 5.02 Å². The average Bonchev–Trinajstić information content (AvgIpc) is 3.12. The van der Waals surface area contributed by atoms with Gasteiger partial charge in [-0.2, -0.15) is 5.26 Å². The van der Waals surface area contributed by atoms with E-state index in [1.807, 2.05) is 6.07 Å². The summed E-state index contributed by atoms with van der Waals surface area (Å²) in [6, 6.07) is 11.3. The average molecular weight is 369 g/mol. The van der Waals surface area contributed by atoms with Crippen LogP contribution in [-0.2, 0) is 6.54 Å². The zero-order valence-corrected chi connectivity index (χ0v) is 14.4. The number of pyridine rings is 1. The Bertz CT molecular complexity index is 1090. The maximum atomic E-state index is 12.9. The molecule has 2 heterocycles. The van der Waals surface area contributed by atoms with Crippen molar-refractivity contribution in [1.29, 1.82) is 5.26 Å². The lowest BCUT2D eigenvalue weighted by Crippen LogP contribution is -2.27. The smallest absolute Gasteiger partial charge is 0.271 e. The van der Waals surface area contributed by atoms with Crippen LogP contribution in [0.25, 0.3) is 0 Å². The van der Waals surface area contributed by atoms with Gasteiger partial charge in [0.15, 0.2) is 5.78 Å². The molecule has 0 saturated heterocycles. The molecule has 1 N–H and O–H groups in total. The molecule has 0 radical (unpaired) electrons. The van der Waals surface area contributed by atoms with Crippen molar-refractivity contribution in [2.24, 2.45) is 0 Å². The van der Waals surface area contributed by atoms with Crippen LogP contribution < -0.4 is 5.56 Å². The van der Waals surface area contributed by atoms with Crippen LogP contribution in [0.1, 0.15) is 32.8 Å². The third-order valence-electron chi connectivity index (χ3n) is 4.01. The second-order valence-electron chi connectivity index (χ2n) is 5.62. The Morgan fingerprint density at radius 2 is 2.12 bits per heavy atom. The largest absolute Gasteiger partial charge is 0.494 e. The number of halogens is 1. The number of aromatic hydroxyl groups is 1. The van der Waals surface area contributed by atoms with Gasteiger partial charge in [-0.3, -0.25) is 14.2 Å². The minimum absolute atomic E-state index is 0.109. The molecule has 0 bridgehead atoms. The lowest BCUT2D eigenvalue weighted by molar-refractivity contribution is 0.103. The van der Waals surface area contributed by atoms with Gasteiger partial charge in [0.25, 0.3) is 5.56 Å². The first-order valence-corrected chi connectivity index (χ1v) is 8.01. The fraction of sp³-hybridized carbons (Fsp3) is 0.105. The van der Waals surface area contributed by atoms with Crippen LogP contribution in [0.15, 0.2) is 51.9 Å². The van der Waals surface area contributed by atoms with Crippen LogP contribution in [0, 0.1) is 18.3 Å². The zero-order valence-electron chi connectivity index (χ0n) is 13.7. The van der Waals surface area contributed by atoms with Gasteiger partial charge in [0.05, 0.1) is 18.4 Å². The summed E-state index contributed by atoms with van der Waals surface area (Å²) in [4.78, 5) is 25.4. The summed E-state index contributed by atoms with van der Waals surface area (Å²) in [6.07, 6.45) is 1.43. The van der Waals surface area contributed by atoms with E-state index in [0.29, 0.717) is 10.8 Å². The molecule has 2 aromatic heterocycles. The summed E-state index contributed by atoms with van der Waals surface area (Å²) >= 11 is 5.93. The number of carbonyl (C=O) groups is 1. The molecule has 0 aliphatic rings. The molecule has 6 nitrogen and oxygen atoms in total. The Hall–Kier alpha value is -3.30. The van der Waals surface area contributed by atoms with E-state index in [4.69, 9.17) is 16.0 Å². The summed E-state index contributed by atoms with van der Waals surface area (Å²) < 4.78 is 6.14. The minimum atomic E-state index is -0.693. The lowest BCUT2D eigenvalue weighted by Gasteiger charge is -2.15. The molecule has 0 unspecified atom stereocenters. The van der Waals surface area contributed by atoms with E-state index in [0.717, 1.165) is 4.57 Å². The third-order valence-corrected chi connectivity index (χ3v) is 4.24. The van der Waals surface area contributed by atoms with E-state index < -0.39 is 17.2 Å². The molecular weight excluding hydrogens is 356 g/mol. The second kappa shape index (κ2) is 6.90. The Labute approximate surface area is 153 Å². The van der Waals surface area contributed by atoms with Crippen molar-refractivity contribution in [2.45, 2.75) is 13.5 Å². The second-order valence-corrected chi connectivity index (χ2v) is 6.06. The first-order chi connectivity index (χ1) is 12.4. The molecule has 0 aliphatic heterocycles. The van der Waals surface area contributed by atoms with Crippen molar-refractivity contribution in [3.63, 3.8) is 0 Å². The standard InChI is InChI=1S/C19H13ClN2O4/c1-11-15(9-21)18(24)22(10-14-6-3-7-26-14)19(25)16(11)17(23)12-4-2-5-13(20)8-12/h2-8,25H,10H2,1H3. The van der Waals surface area contributed by atoms with Gasteiger partial charge in [-0.05, 0) is 36.8 Å². The monoisotopic (exact) mass is 368 g/mol. The van der Waals surface area contributed by atoms with E-state index in [1.165, 1.54) is 19.3 Å². The summed E-state index contributed by atoms with van der Waals surface area (Å²) in [5.74, 6) is -0.656. The Kier molecular flexibility index (Phi) is 4.65. The Morgan fingerprint density at radius 1 is 1.35 bits per heavy atom. The molecule has 0 saturated carbocycles. The number of hydrogen-bond donors (Lipinski definition) is 1. The predicted octanol–water partition coefficient (Wildman–Crippen LogP) is 3.26. The lowest BCUT2D eigenvalue weighted by atomic mass is 9.97. The van der Waals surface area contributed by atoms with Gasteiger partial charge in [0.2, 0.25) is 5.88 Å². The van der Waals surface area contributed by atoms with Crippen molar-refractivity contribution in [2.75, 3.05) is 0 Å². The van der Waals surface area contributed by atoms with Crippen molar-refractivity contribution >= 4 is 17.4 Å². The molecule has 0 aliphatic carbocycles. The number of ketones is 1. The fourth-order valence-corrected chi connectivity index (χ4v) is 2.89. The SMILES string of the molecule is Cc1c(C(=O)c2cccc(Cl)c2)c(O)n(Cc2ccco2)c(=O)c1C#N. The van der Waals surface area contributed by atoms with Crippen molar-refractivity contribution < 1.29 is 14.3 Å². The van der Waals surface area contributed by atoms with Gasteiger partial charge in [-0.1, -0.05) is 23.7 Å². The quantitative estimate of drug-likeness (QED) is 0.713. The number of carbonyl (C=O) groups excluding carboxylic acids is 1. The van der Waals surface area contributed by atoms with Gasteiger partial charge >= 0.3 is 0 Å². The van der Waals surface area contributed by atoms with E-state index in [9.17, 15) is 20.0 Å². The number of rotatable bonds is 4. The van der Waals surface area contributed by atoms with E-state index >= 15 is 0 Å². The number of furan rings is 1. The van der Waals surface area contributed by atoms with Crippen molar-refractivity contribution in [3.05, 3.63) is 86.1 Å². The molecule has 26 heavy (non-hydrogen) atoms. The normalized spacial score (nSPS) is 10.5. The van der Waals surface area contributed by atoms with E-state index in [-0.39, 0.29) is 28.8 Å². The fourth-order valence-electron chi connectivity index (χ4n) is 2.70. The molecule has 0 atom stereocenters. The Balaban J connectivity index is 2.23. The van der Waals surface area contributed by atoms with Gasteiger partial charge in [-0.15, -0.1) is 0 Å². The summed E-state index contributed by atoms with van der Waals surface area (Å²) in [7, 11) is 0. The summed E-state index contributed by atoms with van der Waals surface area (Å²) in [5.41, 5.74) is -0.657. The van der Waals surface area contributed by atoms with E-state index in [2.05, 4.69) is 0 Å². The highest BCUT2D eigenvalue weighted by Gasteiger charge is 2.25. The molecule has 0 fully saturated rings. The third kappa shape index (κ3) is 3.01. The van der Waals surface area contributed by atoms with Crippen LogP contribution in [-0.4, -0.2) is 15.5 Å². The number of benzene rings is 1. The molecule has 130 valence electrons. The highest BCUT2D eigenvalue weighted by atomic mass is 35.5. The molecular formula is C19H13ClN2O4. The summed E-state index contributed by atoms with van der Waals surface area (Å²) in [5, 5.41) is 20.3. The summed E-state index contributed by atoms with van der Waals surface area (Å²) in [6.45, 7) is 1.34. The number of nitriles is 1. The molecule has 3 aromatic rings. The van der Waals surface area contributed by atoms with Gasteiger partial charge in [-0.25, -0.2) is 0 Å². The predicted molar refractivity (Wildman–Crippen MR) is 94.5 cm³/mol. The van der Waals surface area contributed by atoms with Gasteiger partial charge in [0, 0.05) is 10.6 Å². The number of nitrogens with zero attached hydrogens (tertiary/aromatic N) is 2. The zero-order chi connectivity index (χ0) is 18.8. The highest BCUT2D eigenvalue weighted by Crippen LogP contribution is 2.26. The van der Waals surface area contributed by atoms with Crippen LogP contribution in [0.5, 0.6) is 5.88 Å². The van der Waals surface area contributed by atoms with Crippen LogP contribution >= 0.6 is 11.6 Å². The molecule has 1 aromatic carbocycles. The molecule has 0 amide bonds. The van der Waals surface area contributed by atoms with Crippen LogP contribution in [0.3, 0.4) is 0 Å². The van der Waals surface area contributed by atoms with E-state index in [1.54, 1.807) is 30.3 Å². The van der Waals surface area contributed by atoms with Gasteiger partial charge in [0.1, 0.15) is 17.4 Å². The first kappa shape index (κ1) is 17.5. The highest BCUT2D eigenvalue weighted by molar-refractivity contribution is 6.31. The Morgan fingerprint density at radius 3 is 2.73 bits per heavy atom. The molecule has 0 spiro atoms. The maximum absolute atomic E-state index is 12.9. The van der Waals surface area contributed by atoms with Crippen LogP contribution in [0.4, 0.5) is 0 Å². The molecule has 7 heteroatoms. The molecule has 3 rings (SSSR count). The minimum Gasteiger partial charge on any atom is -0.494 e. The number of hydrogen-bond acceptors (Lipinski definition) is 5. The first-order valence-electron chi connectivity index (χ1n) is 7.63. The van der Waals surface area contributed by atoms with Gasteiger partial charge < -0.3 is 9.52 Å². The van der Waals surface area contributed by atoms with Crippen molar-refractivity contribution in [3.8, 4) is 11.9 Å². The topological polar surface area (TPSA) is 96.2 Å². The maximum Gasteiger partial charge on any atom is 0.271 e.